The number of aromatic nitrogens is 2. The summed E-state index contributed by atoms with van der Waals surface area (Å²) in [5.41, 5.74) is 2.50. The molecule has 1 atom stereocenters. The maximum atomic E-state index is 6.50. The fourth-order valence-corrected chi connectivity index (χ4v) is 3.63. The van der Waals surface area contributed by atoms with Crippen LogP contribution in [-0.2, 0) is 18.5 Å². The predicted octanol–water partition coefficient (Wildman–Crippen LogP) is 1.48. The third kappa shape index (κ3) is 2.75. The second-order valence-electron chi connectivity index (χ2n) is 5.52. The lowest BCUT2D eigenvalue weighted by Crippen LogP contribution is -3.00. The van der Waals surface area contributed by atoms with Crippen molar-refractivity contribution < 1.29 is 21.5 Å². The SMILES string of the molecule is CC[n+]1cn(C2(CC)C=Cc3ccccc3C2)c(Cl)c1Cl.[Br-]. The second kappa shape index (κ2) is 6.77. The first kappa shape index (κ1) is 17.6. The molecule has 0 amide bonds. The van der Waals surface area contributed by atoms with E-state index in [2.05, 4.69) is 54.8 Å². The van der Waals surface area contributed by atoms with Crippen molar-refractivity contribution in [1.29, 1.82) is 0 Å². The monoisotopic (exact) mass is 400 g/mol. The number of benzene rings is 1. The molecule has 118 valence electrons. The zero-order valence-electron chi connectivity index (χ0n) is 12.7. The summed E-state index contributed by atoms with van der Waals surface area (Å²) in [5.74, 6) is 0. The van der Waals surface area contributed by atoms with E-state index in [4.69, 9.17) is 23.2 Å². The molecule has 0 saturated carbocycles. The summed E-state index contributed by atoms with van der Waals surface area (Å²) in [5, 5.41) is 1.23. The molecule has 1 unspecified atom stereocenters. The third-order valence-corrected chi connectivity index (χ3v) is 5.30. The lowest BCUT2D eigenvalue weighted by Gasteiger charge is -2.30. The van der Waals surface area contributed by atoms with Gasteiger partial charge in [0.1, 0.15) is 5.54 Å². The normalized spacial score (nSPS) is 19.6. The van der Waals surface area contributed by atoms with Crippen LogP contribution in [0.1, 0.15) is 31.4 Å². The van der Waals surface area contributed by atoms with Gasteiger partial charge >= 0.3 is 0 Å². The summed E-state index contributed by atoms with van der Waals surface area (Å²) in [4.78, 5) is 0. The summed E-state index contributed by atoms with van der Waals surface area (Å²) in [7, 11) is 0. The molecule has 0 N–H and O–H groups in total. The number of fused-ring (bicyclic) bond motifs is 1. The molecular weight excluding hydrogens is 383 g/mol. The van der Waals surface area contributed by atoms with E-state index in [9.17, 15) is 0 Å². The number of halogens is 3. The minimum atomic E-state index is -0.143. The molecular formula is C17H19BrCl2N2. The van der Waals surface area contributed by atoms with Crippen molar-refractivity contribution in [2.24, 2.45) is 0 Å². The second-order valence-corrected chi connectivity index (χ2v) is 6.24. The zero-order valence-corrected chi connectivity index (χ0v) is 15.8. The van der Waals surface area contributed by atoms with Crippen molar-refractivity contribution in [1.82, 2.24) is 4.57 Å². The Morgan fingerprint density at radius 3 is 2.59 bits per heavy atom. The number of hydrogen-bond donors (Lipinski definition) is 0. The Bertz CT molecular complexity index is 709. The third-order valence-electron chi connectivity index (χ3n) is 4.45. The summed E-state index contributed by atoms with van der Waals surface area (Å²) in [6, 6.07) is 8.51. The molecule has 22 heavy (non-hydrogen) atoms. The van der Waals surface area contributed by atoms with Crippen LogP contribution in [-0.4, -0.2) is 4.57 Å². The Morgan fingerprint density at radius 1 is 1.23 bits per heavy atom. The van der Waals surface area contributed by atoms with Gasteiger partial charge in [-0.15, -0.1) is 0 Å². The van der Waals surface area contributed by atoms with E-state index in [0.29, 0.717) is 10.3 Å². The minimum absolute atomic E-state index is 0. The number of allylic oxidation sites excluding steroid dienone is 1. The van der Waals surface area contributed by atoms with Crippen molar-refractivity contribution in [3.05, 3.63) is 58.1 Å². The number of imidazole rings is 1. The standard InChI is InChI=1S/C17H19Cl2N2.BrH/c1-3-17(21-12-20(4-2)15(18)16(21)19)10-9-13-7-5-6-8-14(13)11-17;/h5-10,12H,3-4,11H2,1-2H3;1H/q+1;/p-1. The number of rotatable bonds is 3. The highest BCUT2D eigenvalue weighted by Crippen LogP contribution is 2.37. The van der Waals surface area contributed by atoms with Crippen LogP contribution in [0.4, 0.5) is 0 Å². The van der Waals surface area contributed by atoms with Crippen LogP contribution in [0.25, 0.3) is 6.08 Å². The predicted molar refractivity (Wildman–Crippen MR) is 87.8 cm³/mol. The van der Waals surface area contributed by atoms with Gasteiger partial charge in [-0.1, -0.05) is 37.3 Å². The smallest absolute Gasteiger partial charge is 0.255 e. The lowest BCUT2D eigenvalue weighted by atomic mass is 9.81. The Kier molecular flexibility index (Phi) is 5.41. The first-order valence-electron chi connectivity index (χ1n) is 7.34. The van der Waals surface area contributed by atoms with E-state index >= 15 is 0 Å². The van der Waals surface area contributed by atoms with E-state index < -0.39 is 0 Å². The molecule has 0 aliphatic heterocycles. The first-order chi connectivity index (χ1) is 10.1. The molecule has 0 radical (unpaired) electrons. The highest BCUT2D eigenvalue weighted by atomic mass is 79.9. The molecule has 0 saturated heterocycles. The molecule has 1 aromatic heterocycles. The zero-order chi connectivity index (χ0) is 15.0. The van der Waals surface area contributed by atoms with Crippen molar-refractivity contribution in [3.63, 3.8) is 0 Å². The molecule has 0 spiro atoms. The Hall–Kier alpha value is -0.770. The van der Waals surface area contributed by atoms with Crippen molar-refractivity contribution in [2.45, 2.75) is 38.8 Å². The molecule has 5 heteroatoms. The maximum absolute atomic E-state index is 6.50. The molecule has 1 aliphatic rings. The minimum Gasteiger partial charge on any atom is -1.00 e. The van der Waals surface area contributed by atoms with Gasteiger partial charge in [0.15, 0.2) is 0 Å². The molecule has 0 fully saturated rings. The fraction of sp³-hybridized carbons (Fsp3) is 0.353. The Morgan fingerprint density at radius 2 is 1.95 bits per heavy atom. The highest BCUT2D eigenvalue weighted by molar-refractivity contribution is 6.39. The molecule has 1 aromatic carbocycles. The molecule has 2 nitrogen and oxygen atoms in total. The lowest BCUT2D eigenvalue weighted by molar-refractivity contribution is -0.691. The van der Waals surface area contributed by atoms with Gasteiger partial charge in [-0.05, 0) is 53.7 Å². The van der Waals surface area contributed by atoms with E-state index in [-0.39, 0.29) is 22.5 Å². The molecule has 0 bridgehead atoms. The van der Waals surface area contributed by atoms with E-state index in [1.165, 1.54) is 11.1 Å². The van der Waals surface area contributed by atoms with E-state index in [1.54, 1.807) is 0 Å². The van der Waals surface area contributed by atoms with Crippen LogP contribution >= 0.6 is 23.2 Å². The van der Waals surface area contributed by atoms with Crippen LogP contribution < -0.4 is 21.5 Å². The van der Waals surface area contributed by atoms with E-state index in [0.717, 1.165) is 19.4 Å². The van der Waals surface area contributed by atoms with Crippen molar-refractivity contribution >= 4 is 29.3 Å². The fourth-order valence-electron chi connectivity index (χ4n) is 3.06. The maximum Gasteiger partial charge on any atom is 0.255 e. The number of nitrogens with zero attached hydrogens (tertiary/aromatic N) is 2. The number of hydrogen-bond acceptors (Lipinski definition) is 0. The highest BCUT2D eigenvalue weighted by Gasteiger charge is 2.39. The van der Waals surface area contributed by atoms with Gasteiger partial charge < -0.3 is 17.0 Å². The van der Waals surface area contributed by atoms with Crippen molar-refractivity contribution in [3.8, 4) is 0 Å². The largest absolute Gasteiger partial charge is 1.00 e. The average Bonchev–Trinajstić information content (AvgIpc) is 2.82. The van der Waals surface area contributed by atoms with Crippen LogP contribution in [0.15, 0.2) is 36.7 Å². The van der Waals surface area contributed by atoms with Crippen LogP contribution in [0, 0.1) is 0 Å². The number of aryl methyl sites for hydroxylation is 1. The topological polar surface area (TPSA) is 8.81 Å². The van der Waals surface area contributed by atoms with Crippen LogP contribution in [0.2, 0.25) is 10.3 Å². The Labute approximate surface area is 152 Å². The summed E-state index contributed by atoms with van der Waals surface area (Å²) >= 11 is 12.8. The summed E-state index contributed by atoms with van der Waals surface area (Å²) < 4.78 is 4.10. The van der Waals surface area contributed by atoms with Crippen LogP contribution in [0.3, 0.4) is 0 Å². The van der Waals surface area contributed by atoms with Gasteiger partial charge in [-0.25, -0.2) is 9.13 Å². The molecule has 2 aromatic rings. The summed E-state index contributed by atoms with van der Waals surface area (Å²) in [6.45, 7) is 5.07. The molecule has 1 heterocycles. The van der Waals surface area contributed by atoms with Gasteiger partial charge in [-0.2, -0.15) is 0 Å². The van der Waals surface area contributed by atoms with Gasteiger partial charge in [0.05, 0.1) is 6.54 Å². The van der Waals surface area contributed by atoms with Crippen LogP contribution in [0.5, 0.6) is 0 Å². The van der Waals surface area contributed by atoms with Gasteiger partial charge in [0, 0.05) is 6.42 Å². The molecule has 3 rings (SSSR count). The summed E-state index contributed by atoms with van der Waals surface area (Å²) in [6.07, 6.45) is 8.39. The Balaban J connectivity index is 0.00000176. The molecule has 1 aliphatic carbocycles. The van der Waals surface area contributed by atoms with Gasteiger partial charge in [0.25, 0.3) is 10.3 Å². The first-order valence-corrected chi connectivity index (χ1v) is 8.10. The van der Waals surface area contributed by atoms with Gasteiger partial charge in [0.2, 0.25) is 6.33 Å². The van der Waals surface area contributed by atoms with Gasteiger partial charge in [-0.3, -0.25) is 0 Å². The average molecular weight is 402 g/mol. The van der Waals surface area contributed by atoms with Crippen molar-refractivity contribution in [2.75, 3.05) is 0 Å². The quantitative estimate of drug-likeness (QED) is 0.689. The van der Waals surface area contributed by atoms with E-state index in [1.807, 2.05) is 10.9 Å².